The summed E-state index contributed by atoms with van der Waals surface area (Å²) in [5.41, 5.74) is -1.16. The minimum atomic E-state index is -1.56. The van der Waals surface area contributed by atoms with E-state index in [0.29, 0.717) is 18.0 Å². The first-order valence-electron chi connectivity index (χ1n) is 10.1. The van der Waals surface area contributed by atoms with Crippen LogP contribution in [0.1, 0.15) is 27.2 Å². The lowest BCUT2D eigenvalue weighted by Crippen LogP contribution is -2.52. The number of fused-ring (bicyclic) bond motifs is 5. The maximum Gasteiger partial charge on any atom is 0.305 e. The van der Waals surface area contributed by atoms with E-state index in [4.69, 9.17) is 18.9 Å². The first kappa shape index (κ1) is 21.0. The molecule has 164 valence electrons. The van der Waals surface area contributed by atoms with Gasteiger partial charge in [0.1, 0.15) is 5.75 Å². The highest BCUT2D eigenvalue weighted by molar-refractivity contribution is 6.23. The first-order chi connectivity index (χ1) is 14.8. The lowest BCUT2D eigenvalue weighted by Gasteiger charge is -2.34. The predicted octanol–water partition coefficient (Wildman–Crippen LogP) is 1.74. The van der Waals surface area contributed by atoms with Crippen molar-refractivity contribution < 1.29 is 38.1 Å². The van der Waals surface area contributed by atoms with Crippen LogP contribution in [0.5, 0.6) is 5.75 Å². The van der Waals surface area contributed by atoms with E-state index in [-0.39, 0.29) is 0 Å². The van der Waals surface area contributed by atoms with Crippen LogP contribution < -0.4 is 9.64 Å². The lowest BCUT2D eigenvalue weighted by molar-refractivity contribution is -0.226. The summed E-state index contributed by atoms with van der Waals surface area (Å²) in [5, 5.41) is 0. The van der Waals surface area contributed by atoms with Crippen molar-refractivity contribution in [1.82, 2.24) is 0 Å². The Labute approximate surface area is 178 Å². The standard InChI is InChI=1S/C22H23NO8/c1-4-11-28-15-7-5-14(6-8-15)23-19(26)17-16-9-10-22(31-16,18(17)20(23)27)21(29-12(2)24)30-13(3)25/h5-10,16-18,21H,4,11H2,1-3H3/t16-,17+,18-,22-/m0/s1. The van der Waals surface area contributed by atoms with Gasteiger partial charge < -0.3 is 18.9 Å². The Morgan fingerprint density at radius 2 is 1.74 bits per heavy atom. The van der Waals surface area contributed by atoms with Gasteiger partial charge in [0.15, 0.2) is 5.60 Å². The van der Waals surface area contributed by atoms with Crippen LogP contribution in [0.25, 0.3) is 0 Å². The Morgan fingerprint density at radius 3 is 2.32 bits per heavy atom. The molecule has 4 rings (SSSR count). The van der Waals surface area contributed by atoms with Crippen molar-refractivity contribution in [2.75, 3.05) is 11.5 Å². The van der Waals surface area contributed by atoms with Crippen LogP contribution in [-0.2, 0) is 33.4 Å². The second-order valence-corrected chi connectivity index (χ2v) is 7.70. The minimum absolute atomic E-state index is 0.402. The van der Waals surface area contributed by atoms with Crippen LogP contribution in [0.3, 0.4) is 0 Å². The van der Waals surface area contributed by atoms with Crippen molar-refractivity contribution in [3.63, 3.8) is 0 Å². The van der Waals surface area contributed by atoms with Crippen LogP contribution in [0, 0.1) is 11.8 Å². The molecule has 9 heteroatoms. The van der Waals surface area contributed by atoms with Crippen molar-refractivity contribution in [3.05, 3.63) is 36.4 Å². The second kappa shape index (κ2) is 7.81. The molecule has 3 aliphatic heterocycles. The fourth-order valence-corrected chi connectivity index (χ4v) is 4.38. The number of imide groups is 1. The lowest BCUT2D eigenvalue weighted by atomic mass is 9.76. The van der Waals surface area contributed by atoms with E-state index in [2.05, 4.69) is 0 Å². The Morgan fingerprint density at radius 1 is 1.10 bits per heavy atom. The molecule has 2 saturated heterocycles. The summed E-state index contributed by atoms with van der Waals surface area (Å²) in [6.07, 6.45) is 1.87. The number of anilines is 1. The SMILES string of the molecule is CCCOc1ccc(N2C(=O)[C@@H]3[C@@H]4C=C[C@](C(OC(C)=O)OC(C)=O)(O4)[C@@H]3C2=O)cc1. The third-order valence-electron chi connectivity index (χ3n) is 5.56. The maximum absolute atomic E-state index is 13.4. The van der Waals surface area contributed by atoms with Gasteiger partial charge in [-0.15, -0.1) is 0 Å². The monoisotopic (exact) mass is 429 g/mol. The quantitative estimate of drug-likeness (QED) is 0.279. The average molecular weight is 429 g/mol. The van der Waals surface area contributed by atoms with E-state index < -0.39 is 53.6 Å². The number of esters is 2. The van der Waals surface area contributed by atoms with Gasteiger partial charge in [0.05, 0.1) is 30.2 Å². The van der Waals surface area contributed by atoms with Gasteiger partial charge >= 0.3 is 11.9 Å². The molecule has 0 aromatic heterocycles. The third kappa shape index (κ3) is 3.38. The number of carbonyl (C=O) groups excluding carboxylic acids is 4. The zero-order valence-electron chi connectivity index (χ0n) is 17.4. The minimum Gasteiger partial charge on any atom is -0.494 e. The van der Waals surface area contributed by atoms with Gasteiger partial charge in [-0.25, -0.2) is 4.90 Å². The van der Waals surface area contributed by atoms with E-state index in [1.54, 1.807) is 36.4 Å². The van der Waals surface area contributed by atoms with Crippen molar-refractivity contribution in [2.24, 2.45) is 11.8 Å². The highest BCUT2D eigenvalue weighted by Crippen LogP contribution is 2.54. The zero-order chi connectivity index (χ0) is 22.3. The molecule has 0 N–H and O–H groups in total. The van der Waals surface area contributed by atoms with Crippen LogP contribution in [0.4, 0.5) is 5.69 Å². The number of nitrogens with zero attached hydrogens (tertiary/aromatic N) is 1. The van der Waals surface area contributed by atoms with Crippen molar-refractivity contribution in [1.29, 1.82) is 0 Å². The van der Waals surface area contributed by atoms with Crippen molar-refractivity contribution in [3.8, 4) is 5.75 Å². The van der Waals surface area contributed by atoms with Gasteiger partial charge in [-0.05, 0) is 36.8 Å². The molecule has 0 saturated carbocycles. The summed E-state index contributed by atoms with van der Waals surface area (Å²) in [4.78, 5) is 51.0. The first-order valence-corrected chi connectivity index (χ1v) is 10.1. The smallest absolute Gasteiger partial charge is 0.305 e. The second-order valence-electron chi connectivity index (χ2n) is 7.70. The average Bonchev–Trinajstić information content (AvgIpc) is 3.37. The Kier molecular flexibility index (Phi) is 5.30. The van der Waals surface area contributed by atoms with E-state index in [1.165, 1.54) is 0 Å². The molecular formula is C22H23NO8. The molecule has 0 radical (unpaired) electrons. The van der Waals surface area contributed by atoms with Gasteiger partial charge in [-0.2, -0.15) is 0 Å². The van der Waals surface area contributed by atoms with E-state index in [9.17, 15) is 19.2 Å². The Balaban J connectivity index is 1.65. The highest BCUT2D eigenvalue weighted by Gasteiger charge is 2.72. The largest absolute Gasteiger partial charge is 0.494 e. The van der Waals surface area contributed by atoms with Crippen molar-refractivity contribution >= 4 is 29.4 Å². The van der Waals surface area contributed by atoms with Crippen LogP contribution in [-0.4, -0.2) is 48.4 Å². The summed E-state index contributed by atoms with van der Waals surface area (Å²) < 4.78 is 21.9. The van der Waals surface area contributed by atoms with E-state index in [0.717, 1.165) is 25.2 Å². The summed E-state index contributed by atoms with van der Waals surface area (Å²) in [6, 6.07) is 6.67. The molecule has 3 aliphatic rings. The van der Waals surface area contributed by atoms with Gasteiger partial charge in [0, 0.05) is 13.8 Å². The van der Waals surface area contributed by atoms with Crippen LogP contribution in [0.15, 0.2) is 36.4 Å². The molecule has 4 atom stereocenters. The van der Waals surface area contributed by atoms with Gasteiger partial charge in [-0.3, -0.25) is 19.2 Å². The van der Waals surface area contributed by atoms with Gasteiger partial charge in [0.2, 0.25) is 11.8 Å². The Bertz CT molecular complexity index is 939. The number of carbonyl (C=O) groups is 4. The molecule has 0 unspecified atom stereocenters. The summed E-state index contributed by atoms with van der Waals surface area (Å²) in [6.45, 7) is 4.87. The highest BCUT2D eigenvalue weighted by atomic mass is 16.7. The zero-order valence-corrected chi connectivity index (χ0v) is 17.4. The molecular weight excluding hydrogens is 406 g/mol. The third-order valence-corrected chi connectivity index (χ3v) is 5.56. The molecule has 9 nitrogen and oxygen atoms in total. The normalized spacial score (nSPS) is 28.3. The number of amides is 2. The summed E-state index contributed by atoms with van der Waals surface area (Å²) in [7, 11) is 0. The number of hydrogen-bond donors (Lipinski definition) is 0. The number of rotatable bonds is 7. The van der Waals surface area contributed by atoms with Crippen molar-refractivity contribution in [2.45, 2.75) is 45.2 Å². The molecule has 0 spiro atoms. The van der Waals surface area contributed by atoms with Crippen LogP contribution in [0.2, 0.25) is 0 Å². The molecule has 3 heterocycles. The number of ether oxygens (including phenoxy) is 4. The molecule has 2 bridgehead atoms. The maximum atomic E-state index is 13.4. The van der Waals surface area contributed by atoms with E-state index >= 15 is 0 Å². The summed E-state index contributed by atoms with van der Waals surface area (Å²) >= 11 is 0. The fraction of sp³-hybridized carbons (Fsp3) is 0.455. The predicted molar refractivity (Wildman–Crippen MR) is 106 cm³/mol. The molecule has 2 fully saturated rings. The fourth-order valence-electron chi connectivity index (χ4n) is 4.38. The molecule has 0 aliphatic carbocycles. The molecule has 2 amide bonds. The van der Waals surface area contributed by atoms with Gasteiger partial charge in [-0.1, -0.05) is 13.0 Å². The summed E-state index contributed by atoms with van der Waals surface area (Å²) in [5.74, 6) is -3.50. The van der Waals surface area contributed by atoms with Crippen LogP contribution >= 0.6 is 0 Å². The number of benzene rings is 1. The number of hydrogen-bond acceptors (Lipinski definition) is 8. The molecule has 31 heavy (non-hydrogen) atoms. The molecule has 1 aromatic rings. The molecule has 1 aromatic carbocycles. The van der Waals surface area contributed by atoms with Gasteiger partial charge in [0.25, 0.3) is 6.29 Å². The Hall–Kier alpha value is -3.20. The topological polar surface area (TPSA) is 108 Å². The van der Waals surface area contributed by atoms with E-state index in [1.807, 2.05) is 6.92 Å².